The van der Waals surface area contributed by atoms with E-state index in [-0.39, 0.29) is 25.3 Å². The van der Waals surface area contributed by atoms with Crippen molar-refractivity contribution in [3.05, 3.63) is 89.9 Å². The van der Waals surface area contributed by atoms with Crippen LogP contribution in [0.5, 0.6) is 0 Å². The number of amides is 2. The summed E-state index contributed by atoms with van der Waals surface area (Å²) in [5.74, 6) is -1.36. The molecule has 1 unspecified atom stereocenters. The molecule has 6 nitrogen and oxygen atoms in total. The Hall–Kier alpha value is -3.59. The first-order valence-corrected chi connectivity index (χ1v) is 10.8. The van der Waals surface area contributed by atoms with Gasteiger partial charge in [-0.1, -0.05) is 42.5 Å². The number of nitrogens with zero attached hydrogens (tertiary/aromatic N) is 1. The number of rotatable bonds is 7. The smallest absolute Gasteiger partial charge is 0.404 e. The summed E-state index contributed by atoms with van der Waals surface area (Å²) in [7, 11) is 0. The second-order valence-corrected chi connectivity index (χ2v) is 8.34. The van der Waals surface area contributed by atoms with Gasteiger partial charge in [0.05, 0.1) is 6.26 Å². The minimum Gasteiger partial charge on any atom is -0.459 e. The van der Waals surface area contributed by atoms with Crippen LogP contribution in [0.3, 0.4) is 0 Å². The van der Waals surface area contributed by atoms with Crippen LogP contribution in [0, 0.1) is 5.41 Å². The van der Waals surface area contributed by atoms with Gasteiger partial charge in [-0.2, -0.15) is 13.2 Å². The second-order valence-electron chi connectivity index (χ2n) is 8.34. The van der Waals surface area contributed by atoms with E-state index < -0.39 is 30.0 Å². The molecular formula is C25H24F3N3O3. The molecular weight excluding hydrogens is 447 g/mol. The highest BCUT2D eigenvalue weighted by molar-refractivity contribution is 6.02. The Labute approximate surface area is 194 Å². The van der Waals surface area contributed by atoms with Crippen LogP contribution in [0.15, 0.2) is 77.4 Å². The summed E-state index contributed by atoms with van der Waals surface area (Å²) >= 11 is 0. The Bertz CT molecular complexity index is 1130. The van der Waals surface area contributed by atoms with Gasteiger partial charge in [0.15, 0.2) is 11.2 Å². The van der Waals surface area contributed by atoms with Gasteiger partial charge in [-0.05, 0) is 48.4 Å². The molecule has 0 saturated carbocycles. The summed E-state index contributed by atoms with van der Waals surface area (Å²) in [5.41, 5.74) is -0.572. The van der Waals surface area contributed by atoms with Crippen LogP contribution >= 0.6 is 0 Å². The maximum Gasteiger partial charge on any atom is 0.404 e. The highest BCUT2D eigenvalue weighted by Gasteiger charge is 2.62. The van der Waals surface area contributed by atoms with E-state index in [9.17, 15) is 22.8 Å². The van der Waals surface area contributed by atoms with Crippen molar-refractivity contribution < 1.29 is 27.2 Å². The molecule has 2 heterocycles. The Morgan fingerprint density at radius 2 is 1.76 bits per heavy atom. The quantitative estimate of drug-likeness (QED) is 0.528. The van der Waals surface area contributed by atoms with Crippen molar-refractivity contribution in [1.29, 1.82) is 0 Å². The van der Waals surface area contributed by atoms with E-state index >= 15 is 0 Å². The largest absolute Gasteiger partial charge is 0.459 e. The number of benzene rings is 2. The molecule has 0 bridgehead atoms. The van der Waals surface area contributed by atoms with Gasteiger partial charge in [-0.25, -0.2) is 0 Å². The van der Waals surface area contributed by atoms with Crippen molar-refractivity contribution in [3.63, 3.8) is 0 Å². The first-order chi connectivity index (χ1) is 16.3. The number of nitrogens with one attached hydrogen (secondary N) is 2. The number of furan rings is 1. The standard InChI is InChI=1S/C25H24F3N3O3/c26-25(27,28)24(11-12-31(17-24)16-18-6-2-1-3-7-18)23(33)29-15-19-8-4-9-20(14-19)30-22(32)21-10-5-13-34-21/h1-10,13-14H,11-12,15-17H2,(H,29,33)(H,30,32). The molecule has 0 aliphatic carbocycles. The number of halogens is 3. The molecule has 34 heavy (non-hydrogen) atoms. The summed E-state index contributed by atoms with van der Waals surface area (Å²) in [4.78, 5) is 26.7. The van der Waals surface area contributed by atoms with Crippen molar-refractivity contribution in [2.45, 2.75) is 25.7 Å². The molecule has 0 radical (unpaired) electrons. The Kier molecular flexibility index (Phi) is 6.74. The number of hydrogen-bond acceptors (Lipinski definition) is 4. The molecule has 178 valence electrons. The average Bonchev–Trinajstić information content (AvgIpc) is 3.49. The molecule has 2 amide bonds. The molecule has 3 aromatic rings. The van der Waals surface area contributed by atoms with Crippen LogP contribution in [0.1, 0.15) is 28.1 Å². The molecule has 0 spiro atoms. The van der Waals surface area contributed by atoms with Gasteiger partial charge in [0.1, 0.15) is 0 Å². The molecule has 2 aromatic carbocycles. The predicted molar refractivity (Wildman–Crippen MR) is 120 cm³/mol. The fraction of sp³-hybridized carbons (Fsp3) is 0.280. The number of alkyl halides is 3. The predicted octanol–water partition coefficient (Wildman–Crippen LogP) is 4.60. The maximum absolute atomic E-state index is 14.1. The van der Waals surface area contributed by atoms with Gasteiger partial charge in [-0.3, -0.25) is 14.5 Å². The second kappa shape index (κ2) is 9.72. The number of hydrogen-bond donors (Lipinski definition) is 2. The van der Waals surface area contributed by atoms with Crippen molar-refractivity contribution in [1.82, 2.24) is 10.2 Å². The van der Waals surface area contributed by atoms with Crippen LogP contribution in [0.4, 0.5) is 18.9 Å². The highest BCUT2D eigenvalue weighted by atomic mass is 19.4. The lowest BCUT2D eigenvalue weighted by Crippen LogP contribution is -2.52. The zero-order valence-corrected chi connectivity index (χ0v) is 18.3. The van der Waals surface area contributed by atoms with Crippen LogP contribution in [-0.4, -0.2) is 36.0 Å². The van der Waals surface area contributed by atoms with Gasteiger partial charge < -0.3 is 15.1 Å². The third kappa shape index (κ3) is 5.14. The SMILES string of the molecule is O=C(Nc1cccc(CNC(=O)C2(C(F)(F)F)CCN(Cc3ccccc3)C2)c1)c1ccco1. The number of carbonyl (C=O) groups is 2. The zero-order chi connectivity index (χ0) is 24.2. The zero-order valence-electron chi connectivity index (χ0n) is 18.3. The van der Waals surface area contributed by atoms with E-state index in [1.54, 1.807) is 35.2 Å². The van der Waals surface area contributed by atoms with E-state index in [1.807, 2.05) is 30.3 Å². The van der Waals surface area contributed by atoms with Crippen LogP contribution in [0.25, 0.3) is 0 Å². The summed E-state index contributed by atoms with van der Waals surface area (Å²) in [6.45, 7) is 0.0375. The first kappa shape index (κ1) is 23.6. The van der Waals surface area contributed by atoms with Crippen LogP contribution in [-0.2, 0) is 17.9 Å². The van der Waals surface area contributed by atoms with Gasteiger partial charge >= 0.3 is 6.18 Å². The van der Waals surface area contributed by atoms with Crippen molar-refractivity contribution in [2.75, 3.05) is 18.4 Å². The number of carbonyl (C=O) groups excluding carboxylic acids is 2. The van der Waals surface area contributed by atoms with Gasteiger partial charge in [0.25, 0.3) is 5.91 Å². The molecule has 1 aliphatic heterocycles. The third-order valence-corrected chi connectivity index (χ3v) is 5.96. The minimum atomic E-state index is -4.68. The summed E-state index contributed by atoms with van der Waals surface area (Å²) in [6, 6.07) is 18.9. The van der Waals surface area contributed by atoms with E-state index in [0.717, 1.165) is 5.56 Å². The van der Waals surface area contributed by atoms with Gasteiger partial charge in [-0.15, -0.1) is 0 Å². The number of likely N-dealkylation sites (tertiary alicyclic amines) is 1. The van der Waals surface area contributed by atoms with Crippen molar-refractivity contribution >= 4 is 17.5 Å². The molecule has 9 heteroatoms. The lowest BCUT2D eigenvalue weighted by molar-refractivity contribution is -0.218. The molecule has 1 aromatic heterocycles. The van der Waals surface area contributed by atoms with E-state index in [1.165, 1.54) is 12.3 Å². The fourth-order valence-electron chi connectivity index (χ4n) is 4.12. The molecule has 2 N–H and O–H groups in total. The minimum absolute atomic E-state index is 0.0974. The first-order valence-electron chi connectivity index (χ1n) is 10.8. The molecule has 1 atom stereocenters. The lowest BCUT2D eigenvalue weighted by atomic mass is 9.85. The lowest BCUT2D eigenvalue weighted by Gasteiger charge is -2.30. The van der Waals surface area contributed by atoms with Gasteiger partial charge in [0.2, 0.25) is 5.91 Å². The van der Waals surface area contributed by atoms with E-state index in [2.05, 4.69) is 10.6 Å². The third-order valence-electron chi connectivity index (χ3n) is 5.96. The van der Waals surface area contributed by atoms with Crippen LogP contribution in [0.2, 0.25) is 0 Å². The summed E-state index contributed by atoms with van der Waals surface area (Å²) in [5, 5.41) is 5.12. The number of anilines is 1. The van der Waals surface area contributed by atoms with Crippen molar-refractivity contribution in [3.8, 4) is 0 Å². The Morgan fingerprint density at radius 1 is 1.00 bits per heavy atom. The average molecular weight is 471 g/mol. The normalized spacial score (nSPS) is 18.6. The van der Waals surface area contributed by atoms with Gasteiger partial charge in [0, 0.05) is 25.3 Å². The molecule has 4 rings (SSSR count). The van der Waals surface area contributed by atoms with E-state index in [4.69, 9.17) is 4.42 Å². The molecule has 1 saturated heterocycles. The fourth-order valence-corrected chi connectivity index (χ4v) is 4.12. The van der Waals surface area contributed by atoms with Crippen molar-refractivity contribution in [2.24, 2.45) is 5.41 Å². The summed E-state index contributed by atoms with van der Waals surface area (Å²) in [6.07, 6.45) is -3.60. The Balaban J connectivity index is 1.41. The summed E-state index contributed by atoms with van der Waals surface area (Å²) < 4.78 is 47.4. The van der Waals surface area contributed by atoms with E-state index in [0.29, 0.717) is 17.8 Å². The molecule has 1 aliphatic rings. The maximum atomic E-state index is 14.1. The topological polar surface area (TPSA) is 74.6 Å². The highest BCUT2D eigenvalue weighted by Crippen LogP contribution is 2.46. The monoisotopic (exact) mass is 471 g/mol. The van der Waals surface area contributed by atoms with Crippen LogP contribution < -0.4 is 10.6 Å². The molecule has 1 fully saturated rings. The Morgan fingerprint density at radius 3 is 2.47 bits per heavy atom.